The van der Waals surface area contributed by atoms with Crippen LogP contribution >= 0.6 is 0 Å². The normalized spacial score (nSPS) is 40.4. The molecule has 4 aliphatic carbocycles. The predicted molar refractivity (Wildman–Crippen MR) is 117 cm³/mol. The van der Waals surface area contributed by atoms with E-state index in [1.165, 1.54) is 12.5 Å². The Morgan fingerprint density at radius 2 is 1.75 bits per heavy atom. The van der Waals surface area contributed by atoms with E-state index in [2.05, 4.69) is 13.8 Å². The zero-order valence-electron chi connectivity index (χ0n) is 19.8. The van der Waals surface area contributed by atoms with Crippen molar-refractivity contribution in [3.8, 4) is 0 Å². The lowest BCUT2D eigenvalue weighted by atomic mass is 9.46. The summed E-state index contributed by atoms with van der Waals surface area (Å²) in [6, 6.07) is 0. The maximum Gasteiger partial charge on any atom is 0.305 e. The van der Waals surface area contributed by atoms with Crippen LogP contribution in [0.25, 0.3) is 0 Å². The van der Waals surface area contributed by atoms with Crippen LogP contribution in [0.5, 0.6) is 0 Å². The molecule has 3 saturated carbocycles. The van der Waals surface area contributed by atoms with E-state index in [1.807, 2.05) is 6.08 Å². The zero-order valence-corrected chi connectivity index (χ0v) is 19.8. The summed E-state index contributed by atoms with van der Waals surface area (Å²) in [5.41, 5.74) is -0.351. The molecule has 6 atom stereocenters. The Kier molecular flexibility index (Phi) is 5.87. The summed E-state index contributed by atoms with van der Waals surface area (Å²) < 4.78 is 11.1. The van der Waals surface area contributed by atoms with Crippen molar-refractivity contribution in [2.45, 2.75) is 91.1 Å². The molecule has 0 heterocycles. The second-order valence-corrected chi connectivity index (χ2v) is 10.8. The van der Waals surface area contributed by atoms with Crippen LogP contribution in [-0.2, 0) is 28.7 Å². The van der Waals surface area contributed by atoms with Crippen LogP contribution in [0, 0.1) is 28.6 Å². The minimum absolute atomic E-state index is 0.0471. The number of ether oxygens (including phenoxy) is 2. The van der Waals surface area contributed by atoms with Crippen LogP contribution in [0.15, 0.2) is 11.6 Å². The van der Waals surface area contributed by atoms with Crippen molar-refractivity contribution >= 4 is 23.5 Å². The highest BCUT2D eigenvalue weighted by Crippen LogP contribution is 2.68. The highest BCUT2D eigenvalue weighted by Gasteiger charge is 2.68. The fraction of sp³-hybridized carbons (Fsp3) is 0.769. The maximum absolute atomic E-state index is 13.5. The molecule has 0 N–H and O–H groups in total. The van der Waals surface area contributed by atoms with Gasteiger partial charge in [-0.15, -0.1) is 0 Å². The van der Waals surface area contributed by atoms with Gasteiger partial charge in [0.15, 0.2) is 18.0 Å². The van der Waals surface area contributed by atoms with Gasteiger partial charge in [0.05, 0.1) is 0 Å². The van der Waals surface area contributed by atoms with E-state index in [9.17, 15) is 19.2 Å². The molecule has 6 nitrogen and oxygen atoms in total. The first kappa shape index (κ1) is 23.2. The van der Waals surface area contributed by atoms with Crippen molar-refractivity contribution in [2.24, 2.45) is 28.6 Å². The molecule has 0 aromatic carbocycles. The van der Waals surface area contributed by atoms with E-state index in [0.717, 1.165) is 38.5 Å². The Morgan fingerprint density at radius 1 is 1.03 bits per heavy atom. The van der Waals surface area contributed by atoms with E-state index >= 15 is 0 Å². The molecular weight excluding hydrogens is 408 g/mol. The molecule has 0 aromatic rings. The number of rotatable bonds is 5. The molecule has 4 aliphatic rings. The van der Waals surface area contributed by atoms with Crippen LogP contribution in [0.3, 0.4) is 0 Å². The summed E-state index contributed by atoms with van der Waals surface area (Å²) >= 11 is 0. The monoisotopic (exact) mass is 444 g/mol. The molecule has 0 aromatic heterocycles. The number of allylic oxidation sites excluding steroid dienone is 1. The summed E-state index contributed by atoms with van der Waals surface area (Å²) in [6.45, 7) is 7.14. The molecule has 0 aliphatic heterocycles. The first-order valence-electron chi connectivity index (χ1n) is 12.2. The summed E-state index contributed by atoms with van der Waals surface area (Å²) in [5.74, 6) is 0.258. The topological polar surface area (TPSA) is 86.7 Å². The molecular formula is C26H36O6. The molecule has 176 valence electrons. The maximum atomic E-state index is 13.5. The summed E-state index contributed by atoms with van der Waals surface area (Å²) in [4.78, 5) is 49.4. The smallest absolute Gasteiger partial charge is 0.305 e. The molecule has 0 saturated heterocycles. The molecule has 6 heteroatoms. The van der Waals surface area contributed by atoms with Crippen molar-refractivity contribution in [1.82, 2.24) is 0 Å². The lowest BCUT2D eigenvalue weighted by Gasteiger charge is -2.59. The first-order chi connectivity index (χ1) is 15.1. The van der Waals surface area contributed by atoms with Gasteiger partial charge in [-0.3, -0.25) is 19.2 Å². The van der Waals surface area contributed by atoms with Crippen molar-refractivity contribution < 1.29 is 28.7 Å². The van der Waals surface area contributed by atoms with Gasteiger partial charge in [-0.25, -0.2) is 0 Å². The molecule has 3 fully saturated rings. The largest absolute Gasteiger partial charge is 0.457 e. The SMILES string of the molecule is CCC(=O)OCC(=O)[C@@]1(OC(C)=O)CC[C@H]2[C@@H]3CCC4=CC(=O)CC[C@]4(C)[C@H]3CC[C@@]21C. The van der Waals surface area contributed by atoms with Crippen molar-refractivity contribution in [3.05, 3.63) is 11.6 Å². The zero-order chi connectivity index (χ0) is 23.3. The van der Waals surface area contributed by atoms with E-state index in [0.29, 0.717) is 24.7 Å². The van der Waals surface area contributed by atoms with Gasteiger partial charge in [0.1, 0.15) is 0 Å². The molecule has 0 amide bonds. The van der Waals surface area contributed by atoms with Crippen molar-refractivity contribution in [1.29, 1.82) is 0 Å². The van der Waals surface area contributed by atoms with Crippen molar-refractivity contribution in [3.63, 3.8) is 0 Å². The van der Waals surface area contributed by atoms with Gasteiger partial charge >= 0.3 is 11.9 Å². The third-order valence-electron chi connectivity index (χ3n) is 9.50. The lowest BCUT2D eigenvalue weighted by molar-refractivity contribution is -0.191. The summed E-state index contributed by atoms with van der Waals surface area (Å²) in [7, 11) is 0. The standard InChI is InChI=1S/C26H36O6/c1-5-23(30)31-15-22(29)26(32-16(2)27)13-10-21-19-7-6-17-14-18(28)8-11-24(17,3)20(19)9-12-25(21,26)4/h14,19-21H,5-13,15H2,1-4H3/t19-,20+,21+,24+,25+,26+/m1/s1. The Labute approximate surface area is 190 Å². The lowest BCUT2D eigenvalue weighted by Crippen LogP contribution is -2.59. The number of ketones is 2. The summed E-state index contributed by atoms with van der Waals surface area (Å²) in [5, 5.41) is 0. The average Bonchev–Trinajstić information content (AvgIpc) is 3.05. The molecule has 0 spiro atoms. The van der Waals surface area contributed by atoms with Crippen molar-refractivity contribution in [2.75, 3.05) is 6.61 Å². The van der Waals surface area contributed by atoms with E-state index in [-0.39, 0.29) is 35.9 Å². The highest BCUT2D eigenvalue weighted by atomic mass is 16.6. The minimum Gasteiger partial charge on any atom is -0.457 e. The van der Waals surface area contributed by atoms with Gasteiger partial charge in [-0.1, -0.05) is 26.3 Å². The summed E-state index contributed by atoms with van der Waals surface area (Å²) in [6.07, 6.45) is 8.61. The number of Topliss-reactive ketones (excluding diaryl/α,β-unsaturated/α-hetero) is 1. The number of carbonyl (C=O) groups excluding carboxylic acids is 4. The van der Waals surface area contributed by atoms with E-state index in [4.69, 9.17) is 9.47 Å². The third kappa shape index (κ3) is 3.36. The van der Waals surface area contributed by atoms with E-state index in [1.54, 1.807) is 6.92 Å². The highest BCUT2D eigenvalue weighted by molar-refractivity contribution is 5.93. The Bertz CT molecular complexity index is 874. The molecule has 0 unspecified atom stereocenters. The van der Waals surface area contributed by atoms with Crippen LogP contribution in [0.4, 0.5) is 0 Å². The second-order valence-electron chi connectivity index (χ2n) is 10.8. The van der Waals surface area contributed by atoms with Gasteiger partial charge in [-0.05, 0) is 74.2 Å². The number of fused-ring (bicyclic) bond motifs is 5. The number of hydrogen-bond acceptors (Lipinski definition) is 6. The second kappa shape index (κ2) is 8.11. The molecule has 0 radical (unpaired) electrons. The molecule has 32 heavy (non-hydrogen) atoms. The van der Waals surface area contributed by atoms with Gasteiger partial charge < -0.3 is 9.47 Å². The van der Waals surface area contributed by atoms with Gasteiger partial charge in [0.2, 0.25) is 5.78 Å². The predicted octanol–water partition coefficient (Wildman–Crippen LogP) is 4.34. The van der Waals surface area contributed by atoms with Gasteiger partial charge in [-0.2, -0.15) is 0 Å². The molecule has 4 rings (SSSR count). The number of carbonyl (C=O) groups is 4. The Hall–Kier alpha value is -1.98. The Morgan fingerprint density at radius 3 is 2.44 bits per heavy atom. The third-order valence-corrected chi connectivity index (χ3v) is 9.50. The number of esters is 2. The van der Waals surface area contributed by atoms with E-state index < -0.39 is 23.0 Å². The fourth-order valence-electron chi connectivity index (χ4n) is 7.85. The van der Waals surface area contributed by atoms with Gasteiger partial charge in [0.25, 0.3) is 0 Å². The quantitative estimate of drug-likeness (QED) is 0.586. The fourth-order valence-corrected chi connectivity index (χ4v) is 7.85. The Balaban J connectivity index is 1.65. The van der Waals surface area contributed by atoms with Gasteiger partial charge in [0, 0.05) is 25.2 Å². The van der Waals surface area contributed by atoms with Crippen LogP contribution in [-0.4, -0.2) is 35.7 Å². The first-order valence-corrected chi connectivity index (χ1v) is 12.2. The minimum atomic E-state index is -1.23. The average molecular weight is 445 g/mol. The number of hydrogen-bond donors (Lipinski definition) is 0. The van der Waals surface area contributed by atoms with Crippen LogP contribution in [0.1, 0.15) is 85.5 Å². The van der Waals surface area contributed by atoms with Crippen LogP contribution in [0.2, 0.25) is 0 Å². The van der Waals surface area contributed by atoms with Crippen LogP contribution < -0.4 is 0 Å². The molecule has 0 bridgehead atoms.